The standard InChI is InChI=1S/C20H21N5O2/c1-14(26)23-17-4-3-5-18(10-17)24-20(27)7-6-15-11-21-9-8-19(15)16-12-22-25(2)13-16/h3-14,23,26H,1-2H3,(H,24,27)/b7-6+. The smallest absolute Gasteiger partial charge is 0.248 e. The Balaban J connectivity index is 1.73. The van der Waals surface area contributed by atoms with Crippen molar-refractivity contribution in [2.24, 2.45) is 7.05 Å². The normalized spacial score (nSPS) is 12.1. The first-order chi connectivity index (χ1) is 13.0. The lowest BCUT2D eigenvalue weighted by Gasteiger charge is -2.10. The highest BCUT2D eigenvalue weighted by molar-refractivity contribution is 6.02. The summed E-state index contributed by atoms with van der Waals surface area (Å²) in [7, 11) is 1.86. The van der Waals surface area contributed by atoms with Crippen molar-refractivity contribution >= 4 is 23.4 Å². The van der Waals surface area contributed by atoms with Gasteiger partial charge in [0.15, 0.2) is 0 Å². The number of aromatic nitrogens is 3. The van der Waals surface area contributed by atoms with Gasteiger partial charge in [0.05, 0.1) is 6.20 Å². The topological polar surface area (TPSA) is 92.1 Å². The Kier molecular flexibility index (Phi) is 5.63. The molecular weight excluding hydrogens is 342 g/mol. The molecule has 1 aromatic carbocycles. The fraction of sp³-hybridized carbons (Fsp3) is 0.150. The van der Waals surface area contributed by atoms with Gasteiger partial charge < -0.3 is 15.7 Å². The molecule has 1 unspecified atom stereocenters. The zero-order valence-corrected chi connectivity index (χ0v) is 15.1. The summed E-state index contributed by atoms with van der Waals surface area (Å²) in [4.78, 5) is 16.4. The van der Waals surface area contributed by atoms with E-state index in [0.717, 1.165) is 22.4 Å². The second kappa shape index (κ2) is 8.29. The maximum Gasteiger partial charge on any atom is 0.248 e. The van der Waals surface area contributed by atoms with Crippen LogP contribution in [0.2, 0.25) is 0 Å². The number of aliphatic hydroxyl groups excluding tert-OH is 1. The van der Waals surface area contributed by atoms with Gasteiger partial charge in [0.25, 0.3) is 0 Å². The molecule has 0 saturated heterocycles. The molecule has 0 bridgehead atoms. The number of nitrogens with zero attached hydrogens (tertiary/aromatic N) is 3. The van der Waals surface area contributed by atoms with E-state index in [1.165, 1.54) is 6.08 Å². The number of amides is 1. The van der Waals surface area contributed by atoms with Gasteiger partial charge >= 0.3 is 0 Å². The van der Waals surface area contributed by atoms with Crippen molar-refractivity contribution in [3.8, 4) is 11.1 Å². The highest BCUT2D eigenvalue weighted by atomic mass is 16.3. The van der Waals surface area contributed by atoms with Crippen LogP contribution >= 0.6 is 0 Å². The van der Waals surface area contributed by atoms with Gasteiger partial charge in [0, 0.05) is 54.2 Å². The van der Waals surface area contributed by atoms with E-state index in [-0.39, 0.29) is 5.91 Å². The summed E-state index contributed by atoms with van der Waals surface area (Å²) in [5, 5.41) is 19.3. The van der Waals surface area contributed by atoms with Crippen molar-refractivity contribution in [1.29, 1.82) is 0 Å². The third kappa shape index (κ3) is 5.02. The van der Waals surface area contributed by atoms with Crippen LogP contribution in [0.5, 0.6) is 0 Å². The van der Waals surface area contributed by atoms with E-state index in [1.54, 1.807) is 54.5 Å². The average Bonchev–Trinajstić information content (AvgIpc) is 3.06. The molecule has 0 aliphatic heterocycles. The first-order valence-corrected chi connectivity index (χ1v) is 8.48. The van der Waals surface area contributed by atoms with Crippen LogP contribution in [0, 0.1) is 0 Å². The van der Waals surface area contributed by atoms with Crippen LogP contribution in [0.3, 0.4) is 0 Å². The third-order valence-corrected chi connectivity index (χ3v) is 3.79. The molecule has 0 fully saturated rings. The summed E-state index contributed by atoms with van der Waals surface area (Å²) < 4.78 is 1.73. The number of nitrogens with one attached hydrogen (secondary N) is 2. The van der Waals surface area contributed by atoms with E-state index in [1.807, 2.05) is 25.4 Å². The van der Waals surface area contributed by atoms with E-state index >= 15 is 0 Å². The first-order valence-electron chi connectivity index (χ1n) is 8.48. The van der Waals surface area contributed by atoms with Gasteiger partial charge in [-0.2, -0.15) is 5.10 Å². The number of hydrogen-bond acceptors (Lipinski definition) is 5. The first kappa shape index (κ1) is 18.3. The third-order valence-electron chi connectivity index (χ3n) is 3.79. The average molecular weight is 363 g/mol. The molecule has 138 valence electrons. The van der Waals surface area contributed by atoms with Crippen molar-refractivity contribution in [3.63, 3.8) is 0 Å². The zero-order valence-electron chi connectivity index (χ0n) is 15.1. The minimum Gasteiger partial charge on any atom is -0.374 e. The fourth-order valence-corrected chi connectivity index (χ4v) is 2.64. The Morgan fingerprint density at radius 2 is 2.07 bits per heavy atom. The van der Waals surface area contributed by atoms with Crippen molar-refractivity contribution in [2.45, 2.75) is 13.2 Å². The highest BCUT2D eigenvalue weighted by Crippen LogP contribution is 2.23. The van der Waals surface area contributed by atoms with Crippen molar-refractivity contribution in [3.05, 3.63) is 66.8 Å². The second-order valence-corrected chi connectivity index (χ2v) is 6.09. The minimum atomic E-state index is -0.674. The van der Waals surface area contributed by atoms with Crippen LogP contribution in [0.1, 0.15) is 12.5 Å². The molecule has 1 amide bonds. The number of rotatable bonds is 6. The molecule has 7 nitrogen and oxygen atoms in total. The monoisotopic (exact) mass is 363 g/mol. The van der Waals surface area contributed by atoms with Gasteiger partial charge in [-0.15, -0.1) is 0 Å². The van der Waals surface area contributed by atoms with Crippen LogP contribution in [0.4, 0.5) is 11.4 Å². The van der Waals surface area contributed by atoms with Crippen LogP contribution in [0.15, 0.2) is 61.2 Å². The summed E-state index contributed by atoms with van der Waals surface area (Å²) in [5.41, 5.74) is 4.08. The quantitative estimate of drug-likeness (QED) is 0.463. The van der Waals surface area contributed by atoms with E-state index in [2.05, 4.69) is 20.7 Å². The van der Waals surface area contributed by atoms with Crippen LogP contribution in [-0.4, -0.2) is 32.0 Å². The summed E-state index contributed by atoms with van der Waals surface area (Å²) in [6, 6.07) is 9.03. The lowest BCUT2D eigenvalue weighted by molar-refractivity contribution is -0.111. The Bertz CT molecular complexity index is 962. The lowest BCUT2D eigenvalue weighted by atomic mass is 10.0. The summed E-state index contributed by atoms with van der Waals surface area (Å²) in [6.07, 6.45) is 9.61. The Labute approximate surface area is 157 Å². The number of aryl methyl sites for hydroxylation is 1. The molecule has 2 heterocycles. The van der Waals surface area contributed by atoms with Gasteiger partial charge in [-0.05, 0) is 42.8 Å². The SMILES string of the molecule is CC(O)Nc1cccc(NC(=O)/C=C/c2cnccc2-c2cnn(C)c2)c1. The number of anilines is 2. The molecule has 27 heavy (non-hydrogen) atoms. The molecule has 2 aromatic heterocycles. The number of pyridine rings is 1. The van der Waals surface area contributed by atoms with Crippen LogP contribution < -0.4 is 10.6 Å². The van der Waals surface area contributed by atoms with Gasteiger partial charge in [-0.3, -0.25) is 14.5 Å². The van der Waals surface area contributed by atoms with Gasteiger partial charge in [0.1, 0.15) is 6.23 Å². The van der Waals surface area contributed by atoms with Gasteiger partial charge in [-0.25, -0.2) is 0 Å². The van der Waals surface area contributed by atoms with Crippen molar-refractivity contribution in [2.75, 3.05) is 10.6 Å². The molecule has 0 radical (unpaired) electrons. The van der Waals surface area contributed by atoms with Crippen LogP contribution in [0.25, 0.3) is 17.2 Å². The Hall–Kier alpha value is -3.45. The number of carbonyl (C=O) groups excluding carboxylic acids is 1. The zero-order chi connectivity index (χ0) is 19.2. The molecule has 7 heteroatoms. The fourth-order valence-electron chi connectivity index (χ4n) is 2.64. The predicted molar refractivity (Wildman–Crippen MR) is 106 cm³/mol. The summed E-state index contributed by atoms with van der Waals surface area (Å²) in [5.74, 6) is -0.259. The Morgan fingerprint density at radius 3 is 2.81 bits per heavy atom. The highest BCUT2D eigenvalue weighted by Gasteiger charge is 2.06. The van der Waals surface area contributed by atoms with Gasteiger partial charge in [-0.1, -0.05) is 6.07 Å². The molecule has 0 aliphatic carbocycles. The lowest BCUT2D eigenvalue weighted by Crippen LogP contribution is -2.14. The van der Waals surface area contributed by atoms with E-state index in [0.29, 0.717) is 5.69 Å². The number of aliphatic hydroxyl groups is 1. The molecule has 3 rings (SSSR count). The molecule has 0 spiro atoms. The molecular formula is C20H21N5O2. The van der Waals surface area contributed by atoms with Crippen molar-refractivity contribution in [1.82, 2.24) is 14.8 Å². The maximum absolute atomic E-state index is 12.3. The minimum absolute atomic E-state index is 0.259. The largest absolute Gasteiger partial charge is 0.374 e. The molecule has 0 aliphatic rings. The van der Waals surface area contributed by atoms with Crippen molar-refractivity contribution < 1.29 is 9.90 Å². The van der Waals surface area contributed by atoms with E-state index in [4.69, 9.17) is 0 Å². The number of carbonyl (C=O) groups is 1. The summed E-state index contributed by atoms with van der Waals surface area (Å²) >= 11 is 0. The molecule has 0 saturated carbocycles. The Morgan fingerprint density at radius 1 is 1.26 bits per heavy atom. The van der Waals surface area contributed by atoms with Crippen LogP contribution in [-0.2, 0) is 11.8 Å². The number of hydrogen-bond donors (Lipinski definition) is 3. The second-order valence-electron chi connectivity index (χ2n) is 6.09. The molecule has 3 N–H and O–H groups in total. The van der Waals surface area contributed by atoms with Gasteiger partial charge in [0.2, 0.25) is 5.91 Å². The van der Waals surface area contributed by atoms with E-state index in [9.17, 15) is 9.90 Å². The maximum atomic E-state index is 12.3. The molecule has 1 atom stereocenters. The molecule has 3 aromatic rings. The van der Waals surface area contributed by atoms with E-state index < -0.39 is 6.23 Å². The predicted octanol–water partition coefficient (Wildman–Crippen LogP) is 2.88. The summed E-state index contributed by atoms with van der Waals surface area (Å²) in [6.45, 7) is 1.63. The number of benzene rings is 1.